The number of aliphatic imine (C=N–C) groups is 1. The van der Waals surface area contributed by atoms with Gasteiger partial charge >= 0.3 is 0 Å². The fourth-order valence-electron chi connectivity index (χ4n) is 1.83. The van der Waals surface area contributed by atoms with Crippen LogP contribution in [0.15, 0.2) is 29.3 Å². The standard InChI is InChI=1S/C14H19FN4O/c1-9-6-12(9)19-14(16-2)17-8-13(20)18-11-5-3-4-10(15)7-11/h3-5,7,9,12H,6,8H2,1-2H3,(H,18,20)(H2,16,17,19). The molecule has 0 heterocycles. The number of guanidine groups is 1. The van der Waals surface area contributed by atoms with Crippen molar-refractivity contribution in [3.63, 3.8) is 0 Å². The molecule has 2 rings (SSSR count). The normalized spacial score (nSPS) is 21.2. The lowest BCUT2D eigenvalue weighted by atomic mass is 10.3. The Morgan fingerprint density at radius 3 is 2.85 bits per heavy atom. The molecular weight excluding hydrogens is 259 g/mol. The van der Waals surface area contributed by atoms with E-state index >= 15 is 0 Å². The fourth-order valence-corrected chi connectivity index (χ4v) is 1.83. The van der Waals surface area contributed by atoms with Crippen molar-refractivity contribution in [1.82, 2.24) is 10.6 Å². The van der Waals surface area contributed by atoms with Crippen LogP contribution < -0.4 is 16.0 Å². The van der Waals surface area contributed by atoms with Gasteiger partial charge in [0.25, 0.3) is 0 Å². The molecule has 108 valence electrons. The highest BCUT2D eigenvalue weighted by molar-refractivity contribution is 5.95. The Bertz CT molecular complexity index is 518. The maximum Gasteiger partial charge on any atom is 0.243 e. The first-order chi connectivity index (χ1) is 9.58. The molecule has 1 amide bonds. The van der Waals surface area contributed by atoms with Gasteiger partial charge in [-0.05, 0) is 30.5 Å². The van der Waals surface area contributed by atoms with Gasteiger partial charge in [-0.25, -0.2) is 4.39 Å². The number of benzene rings is 1. The van der Waals surface area contributed by atoms with Crippen LogP contribution in [-0.2, 0) is 4.79 Å². The van der Waals surface area contributed by atoms with Crippen LogP contribution in [0.25, 0.3) is 0 Å². The zero-order valence-electron chi connectivity index (χ0n) is 11.6. The smallest absolute Gasteiger partial charge is 0.243 e. The number of anilines is 1. The second-order valence-electron chi connectivity index (χ2n) is 4.95. The zero-order chi connectivity index (χ0) is 14.5. The number of nitrogens with one attached hydrogen (secondary N) is 3. The van der Waals surface area contributed by atoms with E-state index in [2.05, 4.69) is 27.9 Å². The summed E-state index contributed by atoms with van der Waals surface area (Å²) in [6.45, 7) is 2.24. The van der Waals surface area contributed by atoms with Crippen molar-refractivity contribution in [3.05, 3.63) is 30.1 Å². The number of halogens is 1. The molecule has 1 aliphatic rings. The molecule has 0 radical (unpaired) electrons. The third kappa shape index (κ3) is 4.22. The summed E-state index contributed by atoms with van der Waals surface area (Å²) < 4.78 is 13.0. The van der Waals surface area contributed by atoms with Crippen molar-refractivity contribution in [2.45, 2.75) is 19.4 Å². The highest BCUT2D eigenvalue weighted by Gasteiger charge is 2.33. The number of hydrogen-bond acceptors (Lipinski definition) is 2. The van der Waals surface area contributed by atoms with E-state index in [4.69, 9.17) is 0 Å². The highest BCUT2D eigenvalue weighted by atomic mass is 19.1. The molecule has 0 aromatic heterocycles. The van der Waals surface area contributed by atoms with Gasteiger partial charge in [0.05, 0.1) is 6.54 Å². The van der Waals surface area contributed by atoms with E-state index in [0.717, 1.165) is 6.42 Å². The van der Waals surface area contributed by atoms with Gasteiger partial charge in [-0.3, -0.25) is 9.79 Å². The second-order valence-corrected chi connectivity index (χ2v) is 4.95. The van der Waals surface area contributed by atoms with Crippen molar-refractivity contribution < 1.29 is 9.18 Å². The van der Waals surface area contributed by atoms with Crippen molar-refractivity contribution >= 4 is 17.6 Å². The number of carbonyl (C=O) groups excluding carboxylic acids is 1. The minimum absolute atomic E-state index is 0.0806. The van der Waals surface area contributed by atoms with Crippen LogP contribution in [0, 0.1) is 11.7 Å². The summed E-state index contributed by atoms with van der Waals surface area (Å²) in [5.74, 6) is 0.627. The summed E-state index contributed by atoms with van der Waals surface area (Å²) in [6, 6.07) is 6.23. The minimum atomic E-state index is -0.379. The summed E-state index contributed by atoms with van der Waals surface area (Å²) >= 11 is 0. The summed E-state index contributed by atoms with van der Waals surface area (Å²) in [5, 5.41) is 8.76. The molecule has 1 aromatic carbocycles. The molecule has 20 heavy (non-hydrogen) atoms. The number of hydrogen-bond donors (Lipinski definition) is 3. The molecule has 1 fully saturated rings. The van der Waals surface area contributed by atoms with Crippen molar-refractivity contribution in [3.8, 4) is 0 Å². The van der Waals surface area contributed by atoms with Crippen LogP contribution in [0.4, 0.5) is 10.1 Å². The van der Waals surface area contributed by atoms with Gasteiger partial charge in [-0.15, -0.1) is 0 Å². The summed E-state index contributed by atoms with van der Waals surface area (Å²) in [7, 11) is 1.66. The van der Waals surface area contributed by atoms with Gasteiger partial charge in [0.1, 0.15) is 5.82 Å². The summed E-state index contributed by atoms with van der Waals surface area (Å²) in [6.07, 6.45) is 1.12. The van der Waals surface area contributed by atoms with E-state index in [1.807, 2.05) is 0 Å². The van der Waals surface area contributed by atoms with Gasteiger partial charge in [0.15, 0.2) is 5.96 Å². The first kappa shape index (κ1) is 14.3. The number of nitrogens with zero attached hydrogens (tertiary/aromatic N) is 1. The van der Waals surface area contributed by atoms with Gasteiger partial charge < -0.3 is 16.0 Å². The van der Waals surface area contributed by atoms with Crippen LogP contribution in [0.5, 0.6) is 0 Å². The lowest BCUT2D eigenvalue weighted by Gasteiger charge is -2.11. The monoisotopic (exact) mass is 278 g/mol. The molecule has 1 saturated carbocycles. The third-order valence-corrected chi connectivity index (χ3v) is 3.18. The van der Waals surface area contributed by atoms with Crippen molar-refractivity contribution in [1.29, 1.82) is 0 Å². The van der Waals surface area contributed by atoms with E-state index in [0.29, 0.717) is 23.6 Å². The quantitative estimate of drug-likeness (QED) is 0.575. The Kier molecular flexibility index (Phi) is 4.55. The van der Waals surface area contributed by atoms with E-state index in [1.54, 1.807) is 19.2 Å². The Balaban J connectivity index is 1.76. The topological polar surface area (TPSA) is 65.5 Å². The first-order valence-electron chi connectivity index (χ1n) is 6.61. The minimum Gasteiger partial charge on any atom is -0.353 e. The van der Waals surface area contributed by atoms with E-state index < -0.39 is 0 Å². The molecular formula is C14H19FN4O. The number of carbonyl (C=O) groups is 1. The first-order valence-corrected chi connectivity index (χ1v) is 6.61. The molecule has 0 spiro atoms. The second kappa shape index (κ2) is 6.36. The summed E-state index contributed by atoms with van der Waals surface area (Å²) in [5.41, 5.74) is 0.440. The third-order valence-electron chi connectivity index (χ3n) is 3.18. The van der Waals surface area contributed by atoms with Crippen LogP contribution in [0.3, 0.4) is 0 Å². The molecule has 6 heteroatoms. The Labute approximate surface area is 117 Å². The lowest BCUT2D eigenvalue weighted by molar-refractivity contribution is -0.115. The predicted octanol–water partition coefficient (Wildman–Crippen LogP) is 1.34. The molecule has 0 saturated heterocycles. The van der Waals surface area contributed by atoms with E-state index in [1.165, 1.54) is 12.1 Å². The van der Waals surface area contributed by atoms with Gasteiger partial charge in [0, 0.05) is 18.8 Å². The molecule has 5 nitrogen and oxygen atoms in total. The molecule has 3 N–H and O–H groups in total. The lowest BCUT2D eigenvalue weighted by Crippen LogP contribution is -2.42. The van der Waals surface area contributed by atoms with Gasteiger partial charge in [-0.2, -0.15) is 0 Å². The van der Waals surface area contributed by atoms with Crippen LogP contribution in [0.2, 0.25) is 0 Å². The predicted molar refractivity (Wildman–Crippen MR) is 77.1 cm³/mol. The molecule has 1 aliphatic carbocycles. The Hall–Kier alpha value is -2.11. The van der Waals surface area contributed by atoms with Crippen molar-refractivity contribution in [2.75, 3.05) is 18.9 Å². The zero-order valence-corrected chi connectivity index (χ0v) is 11.6. The van der Waals surface area contributed by atoms with Gasteiger partial charge in [-0.1, -0.05) is 13.0 Å². The Morgan fingerprint density at radius 2 is 2.25 bits per heavy atom. The average molecular weight is 278 g/mol. The maximum atomic E-state index is 13.0. The van der Waals surface area contributed by atoms with Crippen LogP contribution >= 0.6 is 0 Å². The fraction of sp³-hybridized carbons (Fsp3) is 0.429. The van der Waals surface area contributed by atoms with Gasteiger partial charge in [0.2, 0.25) is 5.91 Å². The average Bonchev–Trinajstić information content (AvgIpc) is 3.10. The number of amides is 1. The van der Waals surface area contributed by atoms with E-state index in [-0.39, 0.29) is 18.3 Å². The van der Waals surface area contributed by atoms with E-state index in [9.17, 15) is 9.18 Å². The van der Waals surface area contributed by atoms with Crippen LogP contribution in [0.1, 0.15) is 13.3 Å². The van der Waals surface area contributed by atoms with Crippen molar-refractivity contribution in [2.24, 2.45) is 10.9 Å². The molecule has 2 atom stereocenters. The largest absolute Gasteiger partial charge is 0.353 e. The number of rotatable bonds is 4. The highest BCUT2D eigenvalue weighted by Crippen LogP contribution is 2.28. The molecule has 2 unspecified atom stereocenters. The molecule has 1 aromatic rings. The SMILES string of the molecule is CN=C(NCC(=O)Nc1cccc(F)c1)NC1CC1C. The molecule has 0 aliphatic heterocycles. The van der Waals surface area contributed by atoms with Crippen LogP contribution in [-0.4, -0.2) is 31.5 Å². The maximum absolute atomic E-state index is 13.0. The Morgan fingerprint density at radius 1 is 1.50 bits per heavy atom. The summed E-state index contributed by atoms with van der Waals surface area (Å²) in [4.78, 5) is 15.8. The molecule has 0 bridgehead atoms.